The Bertz CT molecular complexity index is 1270. The summed E-state index contributed by atoms with van der Waals surface area (Å²) in [4.78, 5) is 23.6. The molecule has 1 heterocycles. The average Bonchev–Trinajstić information content (AvgIpc) is 2.63. The van der Waals surface area contributed by atoms with Gasteiger partial charge >= 0.3 is 59.1 Å². The van der Waals surface area contributed by atoms with E-state index in [9.17, 15) is 19.8 Å². The number of carboxylic acids is 1. The fourth-order valence-electron chi connectivity index (χ4n) is 3.01. The summed E-state index contributed by atoms with van der Waals surface area (Å²) in [5.74, 6) is -1.41. The summed E-state index contributed by atoms with van der Waals surface area (Å²) < 4.78 is 5.73. The van der Waals surface area contributed by atoms with Crippen LogP contribution in [0.15, 0.2) is 51.7 Å². The van der Waals surface area contributed by atoms with Crippen LogP contribution in [-0.4, -0.2) is 11.1 Å². The molecule has 0 bridgehead atoms. The summed E-state index contributed by atoms with van der Waals surface area (Å²) in [5, 5.41) is 22.0. The Morgan fingerprint density at radius 2 is 1.79 bits per heavy atom. The standard InChI is InChI=1S/C20H9Cl2O5.2Na/c21-13-5-11-17(7-15(13)23)27-18-8-16(24)14(22)6-12(18)19(11)9-3-1-2-4-10(9)20(25)26;;/h2-8,23H,(H,25,26);;/q-1;2*+1/p-1. The fourth-order valence-corrected chi connectivity index (χ4v) is 3.33. The first-order chi connectivity index (χ1) is 12.9. The van der Waals surface area contributed by atoms with E-state index in [-0.39, 0.29) is 91.8 Å². The van der Waals surface area contributed by atoms with Crippen molar-refractivity contribution in [2.75, 3.05) is 0 Å². The number of carbonyl (C=O) groups is 1. The van der Waals surface area contributed by atoms with E-state index < -0.39 is 11.4 Å². The monoisotopic (exact) mass is 444 g/mol. The number of halogens is 2. The van der Waals surface area contributed by atoms with Crippen LogP contribution < -0.4 is 69.6 Å². The molecule has 0 spiro atoms. The van der Waals surface area contributed by atoms with E-state index in [0.29, 0.717) is 22.1 Å². The molecule has 0 saturated carbocycles. The predicted octanol–water partition coefficient (Wildman–Crippen LogP) is -2.25. The van der Waals surface area contributed by atoms with Crippen LogP contribution in [-0.2, 0) is 0 Å². The van der Waals surface area contributed by atoms with Gasteiger partial charge in [-0.2, -0.15) is 24.3 Å². The Morgan fingerprint density at radius 1 is 1.07 bits per heavy atom. The van der Waals surface area contributed by atoms with Crippen molar-refractivity contribution in [2.45, 2.75) is 0 Å². The van der Waals surface area contributed by atoms with Crippen molar-refractivity contribution in [3.05, 3.63) is 74.4 Å². The summed E-state index contributed by atoms with van der Waals surface area (Å²) in [6.45, 7) is 0. The molecule has 0 aromatic heterocycles. The molecule has 0 fully saturated rings. The zero-order chi connectivity index (χ0) is 19.3. The first-order valence-electron chi connectivity index (χ1n) is 7.67. The smallest absolute Gasteiger partial charge is 0.547 e. The molecule has 1 aliphatic carbocycles. The molecule has 9 heteroatoms. The number of aromatic carboxylic acids is 1. The third-order valence-electron chi connectivity index (χ3n) is 4.20. The van der Waals surface area contributed by atoms with Gasteiger partial charge in [-0.1, -0.05) is 28.8 Å². The second-order valence-electron chi connectivity index (χ2n) is 5.81. The van der Waals surface area contributed by atoms with Gasteiger partial charge in [0.05, 0.1) is 10.0 Å². The quantitative estimate of drug-likeness (QED) is 0.214. The minimum absolute atomic E-state index is 0. The van der Waals surface area contributed by atoms with Crippen molar-refractivity contribution in [2.24, 2.45) is 0 Å². The number of fused-ring (bicyclic) bond motifs is 2. The van der Waals surface area contributed by atoms with Gasteiger partial charge in [0.25, 0.3) is 0 Å². The Morgan fingerprint density at radius 3 is 2.48 bits per heavy atom. The minimum atomic E-state index is -1.38. The number of rotatable bonds is 2. The molecule has 0 amide bonds. The average molecular weight is 445 g/mol. The second kappa shape index (κ2) is 9.41. The van der Waals surface area contributed by atoms with Gasteiger partial charge in [0, 0.05) is 29.1 Å². The van der Waals surface area contributed by atoms with Crippen LogP contribution in [0.1, 0.15) is 10.4 Å². The summed E-state index contributed by atoms with van der Waals surface area (Å²) in [5.41, 5.74) is 0.821. The molecule has 134 valence electrons. The van der Waals surface area contributed by atoms with Crippen LogP contribution in [0.5, 0.6) is 5.75 Å². The van der Waals surface area contributed by atoms with Gasteiger partial charge in [-0.15, -0.1) is 11.1 Å². The summed E-state index contributed by atoms with van der Waals surface area (Å²) in [6.07, 6.45) is 0. The first-order valence-corrected chi connectivity index (χ1v) is 8.43. The number of phenols is 1. The fraction of sp³-hybridized carbons (Fsp3) is 0. The molecule has 0 saturated heterocycles. The second-order valence-corrected chi connectivity index (χ2v) is 6.63. The van der Waals surface area contributed by atoms with Gasteiger partial charge in [-0.05, 0) is 12.1 Å². The zero-order valence-corrected chi connectivity index (χ0v) is 20.9. The molecule has 1 N–H and O–H groups in total. The third-order valence-corrected chi connectivity index (χ3v) is 4.79. The van der Waals surface area contributed by atoms with Crippen LogP contribution in [0.25, 0.3) is 33.4 Å². The van der Waals surface area contributed by atoms with Gasteiger partial charge in [0.15, 0.2) is 0 Å². The largest absolute Gasteiger partial charge is 1.00 e. The Hall–Kier alpha value is -1.02. The topological polar surface area (TPSA) is 90.6 Å². The van der Waals surface area contributed by atoms with E-state index >= 15 is 0 Å². The number of carboxylic acid groups (broad SMARTS) is 1. The molecular formula is C20H8Cl2Na2O5. The number of carbonyl (C=O) groups excluding carboxylic acids is 1. The van der Waals surface area contributed by atoms with Crippen molar-refractivity contribution in [3.63, 3.8) is 0 Å². The van der Waals surface area contributed by atoms with E-state index in [1.807, 2.05) is 0 Å². The van der Waals surface area contributed by atoms with E-state index in [2.05, 4.69) is 6.07 Å². The van der Waals surface area contributed by atoms with Crippen LogP contribution in [0.2, 0.25) is 10.0 Å². The molecule has 2 aromatic carbocycles. The van der Waals surface area contributed by atoms with Crippen LogP contribution in [0, 0.1) is 6.07 Å². The number of hydrogen-bond acceptors (Lipinski definition) is 5. The number of hydrogen-bond donors (Lipinski definition) is 1. The molecule has 1 aliphatic heterocycles. The molecule has 4 rings (SSSR count). The van der Waals surface area contributed by atoms with Crippen LogP contribution in [0.3, 0.4) is 0 Å². The molecule has 29 heavy (non-hydrogen) atoms. The van der Waals surface area contributed by atoms with Crippen molar-refractivity contribution in [1.82, 2.24) is 0 Å². The predicted molar refractivity (Wildman–Crippen MR) is 99.4 cm³/mol. The molecule has 0 atom stereocenters. The first kappa shape index (κ1) is 24.3. The minimum Gasteiger partial charge on any atom is -0.547 e. The molecule has 0 radical (unpaired) electrons. The molecule has 2 aliphatic rings. The van der Waals surface area contributed by atoms with Gasteiger partial charge in [0.1, 0.15) is 17.1 Å². The normalized spacial score (nSPS) is 10.4. The van der Waals surface area contributed by atoms with Gasteiger partial charge < -0.3 is 19.4 Å². The van der Waals surface area contributed by atoms with Crippen molar-refractivity contribution >= 4 is 40.1 Å². The van der Waals surface area contributed by atoms with Crippen LogP contribution in [0.4, 0.5) is 0 Å². The maximum absolute atomic E-state index is 11.9. The van der Waals surface area contributed by atoms with Crippen molar-refractivity contribution in [1.29, 1.82) is 0 Å². The SMILES string of the molecule is O=C([O-])c1cc[c-]cc1-c1c2cc(Cl)c(=O)cc-2oc2cc(O)c(Cl)cc12.[Na+].[Na+]. The Balaban J connectivity index is 0.00000150. The van der Waals surface area contributed by atoms with Crippen molar-refractivity contribution in [3.8, 4) is 28.2 Å². The maximum atomic E-state index is 11.9. The summed E-state index contributed by atoms with van der Waals surface area (Å²) >= 11 is 12.1. The molecular weight excluding hydrogens is 437 g/mol. The van der Waals surface area contributed by atoms with E-state index in [1.54, 1.807) is 0 Å². The van der Waals surface area contributed by atoms with Crippen LogP contribution >= 0.6 is 23.2 Å². The number of phenolic OH excluding ortho intramolecular Hbond substituents is 1. The molecule has 5 nitrogen and oxygen atoms in total. The third kappa shape index (κ3) is 4.38. The van der Waals surface area contributed by atoms with Gasteiger partial charge in [0.2, 0.25) is 5.43 Å². The van der Waals surface area contributed by atoms with Gasteiger partial charge in [-0.3, -0.25) is 4.79 Å². The van der Waals surface area contributed by atoms with E-state index in [1.165, 1.54) is 42.5 Å². The summed E-state index contributed by atoms with van der Waals surface area (Å²) in [6, 6.07) is 12.5. The summed E-state index contributed by atoms with van der Waals surface area (Å²) in [7, 11) is 0. The van der Waals surface area contributed by atoms with Crippen molar-refractivity contribution < 1.29 is 78.5 Å². The molecule has 0 unspecified atom stereocenters. The number of benzene rings is 3. The zero-order valence-electron chi connectivity index (χ0n) is 15.4. The Kier molecular flexibility index (Phi) is 7.87. The van der Waals surface area contributed by atoms with Gasteiger partial charge in [-0.25, -0.2) is 0 Å². The number of aromatic hydroxyl groups is 1. The maximum Gasteiger partial charge on any atom is 1.00 e. The van der Waals surface area contributed by atoms with E-state index in [0.717, 1.165) is 0 Å². The Labute approximate surface area is 219 Å². The van der Waals surface area contributed by atoms with E-state index in [4.69, 9.17) is 27.6 Å². The molecule has 2 aromatic rings.